The van der Waals surface area contributed by atoms with Crippen molar-refractivity contribution in [1.29, 1.82) is 0 Å². The van der Waals surface area contributed by atoms with Crippen LogP contribution in [0.4, 0.5) is 0 Å². The van der Waals surface area contributed by atoms with E-state index in [0.29, 0.717) is 11.5 Å². The molecule has 0 spiro atoms. The zero-order chi connectivity index (χ0) is 12.4. The van der Waals surface area contributed by atoms with E-state index in [4.69, 9.17) is 5.11 Å². The van der Waals surface area contributed by atoms with Gasteiger partial charge in [0.05, 0.1) is 5.69 Å². The maximum absolute atomic E-state index is 10.9. The average molecular weight is 293 g/mol. The summed E-state index contributed by atoms with van der Waals surface area (Å²) in [5, 5.41) is 8.94. The molecule has 1 heterocycles. The minimum Gasteiger partial charge on any atom is -0.477 e. The van der Waals surface area contributed by atoms with Crippen molar-refractivity contribution in [2.24, 2.45) is 0 Å². The SMILES string of the molecule is Cc1nc(C(=O)O)cc(-c2cccc(Br)c2)n1. The van der Waals surface area contributed by atoms with Crippen LogP contribution in [0.1, 0.15) is 16.3 Å². The number of carboxylic acids is 1. The molecule has 0 unspecified atom stereocenters. The molecular formula is C12H9BrN2O2. The van der Waals surface area contributed by atoms with Gasteiger partial charge in [0.25, 0.3) is 0 Å². The average Bonchev–Trinajstić information content (AvgIpc) is 2.28. The van der Waals surface area contributed by atoms with Crippen LogP contribution < -0.4 is 0 Å². The van der Waals surface area contributed by atoms with Crippen LogP contribution in [-0.2, 0) is 0 Å². The highest BCUT2D eigenvalue weighted by Gasteiger charge is 2.09. The van der Waals surface area contributed by atoms with Gasteiger partial charge in [-0.1, -0.05) is 28.1 Å². The Labute approximate surface area is 106 Å². The number of nitrogens with zero attached hydrogens (tertiary/aromatic N) is 2. The highest BCUT2D eigenvalue weighted by molar-refractivity contribution is 9.10. The first-order chi connectivity index (χ1) is 8.06. The van der Waals surface area contributed by atoms with E-state index in [0.717, 1.165) is 10.0 Å². The molecule has 0 radical (unpaired) electrons. The van der Waals surface area contributed by atoms with Crippen molar-refractivity contribution >= 4 is 21.9 Å². The summed E-state index contributed by atoms with van der Waals surface area (Å²) in [5.74, 6) is -0.605. The molecule has 0 saturated heterocycles. The summed E-state index contributed by atoms with van der Waals surface area (Å²) in [7, 11) is 0. The number of rotatable bonds is 2. The van der Waals surface area contributed by atoms with E-state index in [-0.39, 0.29) is 5.69 Å². The van der Waals surface area contributed by atoms with E-state index >= 15 is 0 Å². The van der Waals surface area contributed by atoms with E-state index in [1.807, 2.05) is 24.3 Å². The van der Waals surface area contributed by atoms with E-state index in [9.17, 15) is 4.79 Å². The molecule has 0 aliphatic rings. The molecule has 1 N–H and O–H groups in total. The lowest BCUT2D eigenvalue weighted by atomic mass is 10.1. The quantitative estimate of drug-likeness (QED) is 0.924. The van der Waals surface area contributed by atoms with E-state index < -0.39 is 5.97 Å². The van der Waals surface area contributed by atoms with Gasteiger partial charge in [0.1, 0.15) is 5.82 Å². The summed E-state index contributed by atoms with van der Waals surface area (Å²) >= 11 is 3.37. The van der Waals surface area contributed by atoms with Crippen molar-refractivity contribution in [3.63, 3.8) is 0 Å². The van der Waals surface area contributed by atoms with Crippen molar-refractivity contribution in [3.8, 4) is 11.3 Å². The van der Waals surface area contributed by atoms with E-state index in [2.05, 4.69) is 25.9 Å². The number of aryl methyl sites for hydroxylation is 1. The van der Waals surface area contributed by atoms with Crippen molar-refractivity contribution in [1.82, 2.24) is 9.97 Å². The van der Waals surface area contributed by atoms with Crippen LogP contribution in [0.25, 0.3) is 11.3 Å². The molecule has 1 aromatic heterocycles. The highest BCUT2D eigenvalue weighted by atomic mass is 79.9. The fourth-order valence-corrected chi connectivity index (χ4v) is 1.87. The molecule has 4 nitrogen and oxygen atoms in total. The lowest BCUT2D eigenvalue weighted by molar-refractivity contribution is 0.0690. The topological polar surface area (TPSA) is 63.1 Å². The van der Waals surface area contributed by atoms with Crippen LogP contribution in [0.5, 0.6) is 0 Å². The molecule has 0 aliphatic heterocycles. The summed E-state index contributed by atoms with van der Waals surface area (Å²) < 4.78 is 0.920. The third kappa shape index (κ3) is 2.68. The maximum atomic E-state index is 10.9. The Bertz CT molecular complexity index is 584. The number of aromatic nitrogens is 2. The second-order valence-electron chi connectivity index (χ2n) is 3.50. The second kappa shape index (κ2) is 4.63. The number of hydrogen-bond acceptors (Lipinski definition) is 3. The van der Waals surface area contributed by atoms with Gasteiger partial charge in [-0.25, -0.2) is 14.8 Å². The lowest BCUT2D eigenvalue weighted by Gasteiger charge is -2.04. The van der Waals surface area contributed by atoms with Crippen LogP contribution in [0.2, 0.25) is 0 Å². The van der Waals surface area contributed by atoms with Gasteiger partial charge in [0.2, 0.25) is 0 Å². The van der Waals surface area contributed by atoms with Crippen molar-refractivity contribution in [2.75, 3.05) is 0 Å². The van der Waals surface area contributed by atoms with Crippen LogP contribution in [0.15, 0.2) is 34.8 Å². The minimum absolute atomic E-state index is 0.00692. The first-order valence-electron chi connectivity index (χ1n) is 4.91. The maximum Gasteiger partial charge on any atom is 0.354 e. The number of carboxylic acid groups (broad SMARTS) is 1. The predicted octanol–water partition coefficient (Wildman–Crippen LogP) is 2.91. The predicted molar refractivity (Wildman–Crippen MR) is 66.9 cm³/mol. The van der Waals surface area contributed by atoms with Gasteiger partial charge in [-0.2, -0.15) is 0 Å². The first kappa shape index (κ1) is 11.7. The molecule has 0 amide bonds. The third-order valence-corrected chi connectivity index (χ3v) is 2.67. The Morgan fingerprint density at radius 2 is 2.06 bits per heavy atom. The molecule has 0 atom stereocenters. The fourth-order valence-electron chi connectivity index (χ4n) is 1.47. The molecule has 5 heteroatoms. The Balaban J connectivity index is 2.56. The number of aromatic carboxylic acids is 1. The van der Waals surface area contributed by atoms with Crippen LogP contribution in [-0.4, -0.2) is 21.0 Å². The number of carbonyl (C=O) groups is 1. The smallest absolute Gasteiger partial charge is 0.354 e. The van der Waals surface area contributed by atoms with Crippen molar-refractivity contribution in [2.45, 2.75) is 6.92 Å². The van der Waals surface area contributed by atoms with Gasteiger partial charge in [-0.15, -0.1) is 0 Å². The Kier molecular flexibility index (Phi) is 3.19. The van der Waals surface area contributed by atoms with Gasteiger partial charge in [-0.3, -0.25) is 0 Å². The summed E-state index contributed by atoms with van der Waals surface area (Å²) in [5.41, 5.74) is 1.47. The zero-order valence-electron chi connectivity index (χ0n) is 9.01. The monoisotopic (exact) mass is 292 g/mol. The number of benzene rings is 1. The van der Waals surface area contributed by atoms with Crippen molar-refractivity contribution in [3.05, 3.63) is 46.3 Å². The molecule has 2 aromatic rings. The lowest BCUT2D eigenvalue weighted by Crippen LogP contribution is -2.04. The summed E-state index contributed by atoms with van der Waals surface area (Å²) in [6.45, 7) is 1.67. The zero-order valence-corrected chi connectivity index (χ0v) is 10.6. The van der Waals surface area contributed by atoms with Crippen LogP contribution in [0.3, 0.4) is 0 Å². The Morgan fingerprint density at radius 1 is 1.29 bits per heavy atom. The molecule has 86 valence electrons. The van der Waals surface area contributed by atoms with Gasteiger partial charge in [-0.05, 0) is 25.1 Å². The van der Waals surface area contributed by atoms with Crippen LogP contribution in [0, 0.1) is 6.92 Å². The molecule has 1 aromatic carbocycles. The molecule has 0 saturated carbocycles. The van der Waals surface area contributed by atoms with E-state index in [1.54, 1.807) is 6.92 Å². The van der Waals surface area contributed by atoms with Gasteiger partial charge < -0.3 is 5.11 Å². The first-order valence-corrected chi connectivity index (χ1v) is 5.70. The van der Waals surface area contributed by atoms with Crippen molar-refractivity contribution < 1.29 is 9.90 Å². The third-order valence-electron chi connectivity index (χ3n) is 2.18. The molecule has 0 bridgehead atoms. The second-order valence-corrected chi connectivity index (χ2v) is 4.42. The fraction of sp³-hybridized carbons (Fsp3) is 0.0833. The number of hydrogen-bond donors (Lipinski definition) is 1. The molecule has 0 fully saturated rings. The summed E-state index contributed by atoms with van der Waals surface area (Å²) in [6, 6.07) is 9.00. The normalized spacial score (nSPS) is 10.2. The standard InChI is InChI=1S/C12H9BrN2O2/c1-7-14-10(6-11(15-7)12(16)17)8-3-2-4-9(13)5-8/h2-6H,1H3,(H,16,17). The molecule has 17 heavy (non-hydrogen) atoms. The highest BCUT2D eigenvalue weighted by Crippen LogP contribution is 2.21. The minimum atomic E-state index is -1.05. The largest absolute Gasteiger partial charge is 0.477 e. The van der Waals surface area contributed by atoms with Gasteiger partial charge in [0.15, 0.2) is 5.69 Å². The van der Waals surface area contributed by atoms with E-state index in [1.165, 1.54) is 6.07 Å². The van der Waals surface area contributed by atoms with Gasteiger partial charge in [0, 0.05) is 10.0 Å². The number of halogens is 1. The van der Waals surface area contributed by atoms with Crippen LogP contribution >= 0.6 is 15.9 Å². The van der Waals surface area contributed by atoms with Gasteiger partial charge >= 0.3 is 5.97 Å². The molecular weight excluding hydrogens is 284 g/mol. The molecule has 2 rings (SSSR count). The Hall–Kier alpha value is -1.75. The molecule has 0 aliphatic carbocycles. The summed E-state index contributed by atoms with van der Waals surface area (Å²) in [4.78, 5) is 19.0. The Morgan fingerprint density at radius 3 is 2.71 bits per heavy atom. The summed E-state index contributed by atoms with van der Waals surface area (Å²) in [6.07, 6.45) is 0.